The number of pyridine rings is 1. The molecule has 180 valence electrons. The molecular weight excluding hydrogens is 466 g/mol. The first-order valence-electron chi connectivity index (χ1n) is 9.89. The highest BCUT2D eigenvalue weighted by molar-refractivity contribution is 5.77. The number of alkyl halides is 6. The van der Waals surface area contributed by atoms with Gasteiger partial charge in [0, 0.05) is 30.3 Å². The van der Waals surface area contributed by atoms with Crippen molar-refractivity contribution in [3.63, 3.8) is 0 Å². The van der Waals surface area contributed by atoms with Crippen LogP contribution < -0.4 is 10.9 Å². The summed E-state index contributed by atoms with van der Waals surface area (Å²) in [5, 5.41) is 2.59. The molecule has 0 saturated carbocycles. The molecule has 0 aliphatic carbocycles. The van der Waals surface area contributed by atoms with Crippen LogP contribution >= 0.6 is 0 Å². The fraction of sp³-hybridized carbons (Fsp3) is 0.273. The van der Waals surface area contributed by atoms with Crippen LogP contribution in [0.2, 0.25) is 0 Å². The summed E-state index contributed by atoms with van der Waals surface area (Å²) in [5.74, 6) is -1.09. The highest BCUT2D eigenvalue weighted by Crippen LogP contribution is 2.37. The van der Waals surface area contributed by atoms with Gasteiger partial charge in [-0.15, -0.1) is 0 Å². The monoisotopic (exact) mass is 484 g/mol. The molecule has 6 nitrogen and oxygen atoms in total. The molecule has 2 N–H and O–H groups in total. The Balaban J connectivity index is 2.07. The number of aromatic nitrogens is 3. The average molecular weight is 484 g/mol. The summed E-state index contributed by atoms with van der Waals surface area (Å²) in [6, 6.07) is 5.73. The van der Waals surface area contributed by atoms with Gasteiger partial charge in [-0.2, -0.15) is 26.3 Å². The van der Waals surface area contributed by atoms with Crippen LogP contribution in [0.25, 0.3) is 22.8 Å². The van der Waals surface area contributed by atoms with E-state index in [9.17, 15) is 35.9 Å². The predicted molar refractivity (Wildman–Crippen MR) is 110 cm³/mol. The number of carbonyl (C=O) groups excluding carboxylic acids is 1. The molecule has 2 heterocycles. The lowest BCUT2D eigenvalue weighted by molar-refractivity contribution is -0.138. The van der Waals surface area contributed by atoms with E-state index < -0.39 is 40.4 Å². The zero-order valence-electron chi connectivity index (χ0n) is 17.8. The summed E-state index contributed by atoms with van der Waals surface area (Å²) in [6.07, 6.45) is -8.89. The van der Waals surface area contributed by atoms with E-state index >= 15 is 0 Å². The second kappa shape index (κ2) is 9.27. The summed E-state index contributed by atoms with van der Waals surface area (Å²) in [4.78, 5) is 33.9. The molecular formula is C22H18F6N4O2. The molecule has 0 fully saturated rings. The zero-order chi connectivity index (χ0) is 25.3. The summed E-state index contributed by atoms with van der Waals surface area (Å²) in [6.45, 7) is 3.25. The third-order valence-corrected chi connectivity index (χ3v) is 4.73. The lowest BCUT2D eigenvalue weighted by Gasteiger charge is -2.15. The molecule has 34 heavy (non-hydrogen) atoms. The maximum Gasteiger partial charge on any atom is 0.417 e. The Hall–Kier alpha value is -3.70. The molecule has 3 rings (SSSR count). The molecule has 1 amide bonds. The number of hydrogen-bond donors (Lipinski definition) is 2. The van der Waals surface area contributed by atoms with E-state index in [1.54, 1.807) is 13.8 Å². The number of halogens is 6. The van der Waals surface area contributed by atoms with Crippen molar-refractivity contribution >= 4 is 5.91 Å². The zero-order valence-corrected chi connectivity index (χ0v) is 17.8. The van der Waals surface area contributed by atoms with Crippen molar-refractivity contribution in [2.75, 3.05) is 0 Å². The van der Waals surface area contributed by atoms with Gasteiger partial charge in [0.1, 0.15) is 5.82 Å². The first-order chi connectivity index (χ1) is 15.8. The van der Waals surface area contributed by atoms with E-state index in [0.29, 0.717) is 11.8 Å². The Labute approximate surface area is 189 Å². The van der Waals surface area contributed by atoms with Gasteiger partial charge in [-0.3, -0.25) is 14.6 Å². The van der Waals surface area contributed by atoms with Gasteiger partial charge >= 0.3 is 12.4 Å². The minimum absolute atomic E-state index is 0.0630. The molecule has 0 aliphatic rings. The van der Waals surface area contributed by atoms with Gasteiger partial charge in [0.25, 0.3) is 5.56 Å². The van der Waals surface area contributed by atoms with Gasteiger partial charge in [0.15, 0.2) is 0 Å². The number of nitrogens with zero attached hydrogens (tertiary/aromatic N) is 2. The Bertz CT molecular complexity index is 1250. The molecule has 0 aliphatic heterocycles. The first-order valence-corrected chi connectivity index (χ1v) is 9.89. The fourth-order valence-electron chi connectivity index (χ4n) is 2.97. The largest absolute Gasteiger partial charge is 0.417 e. The number of H-pyrrole nitrogens is 1. The van der Waals surface area contributed by atoms with E-state index in [1.165, 1.54) is 6.07 Å². The van der Waals surface area contributed by atoms with Crippen molar-refractivity contribution in [1.82, 2.24) is 20.3 Å². The van der Waals surface area contributed by atoms with E-state index in [2.05, 4.69) is 20.3 Å². The third-order valence-electron chi connectivity index (χ3n) is 4.73. The van der Waals surface area contributed by atoms with Gasteiger partial charge in [-0.25, -0.2) is 4.98 Å². The lowest BCUT2D eigenvalue weighted by Crippen LogP contribution is -2.27. The van der Waals surface area contributed by atoms with E-state index in [1.807, 2.05) is 0 Å². The standard InChI is InChI=1S/C22H18F6N4O2/c1-11(2)20(34)30-9-12-3-5-15(22(26,27)28)14(7-12)19-31-17(8-18(33)32-19)16-6-4-13(10-29-16)21(23,24)25/h3-8,10-11H,9H2,1-2H3,(H,30,34)(H,31,32,33). The molecule has 0 spiro atoms. The number of hydrogen-bond acceptors (Lipinski definition) is 4. The van der Waals surface area contributed by atoms with Gasteiger partial charge in [0.05, 0.1) is 22.5 Å². The number of nitrogens with one attached hydrogen (secondary N) is 2. The van der Waals surface area contributed by atoms with Crippen molar-refractivity contribution in [3.8, 4) is 22.8 Å². The van der Waals surface area contributed by atoms with Crippen LogP contribution in [0.3, 0.4) is 0 Å². The van der Waals surface area contributed by atoms with Crippen molar-refractivity contribution in [1.29, 1.82) is 0 Å². The van der Waals surface area contributed by atoms with Crippen LogP contribution in [-0.4, -0.2) is 20.9 Å². The van der Waals surface area contributed by atoms with Crippen LogP contribution in [0.5, 0.6) is 0 Å². The normalized spacial score (nSPS) is 12.1. The van der Waals surface area contributed by atoms with E-state index in [-0.39, 0.29) is 29.8 Å². The van der Waals surface area contributed by atoms with Crippen LogP contribution in [0.15, 0.2) is 47.4 Å². The number of amides is 1. The topological polar surface area (TPSA) is 87.7 Å². The van der Waals surface area contributed by atoms with Crippen molar-refractivity contribution in [2.24, 2.45) is 5.92 Å². The molecule has 0 atom stereocenters. The van der Waals surface area contributed by atoms with Crippen molar-refractivity contribution in [2.45, 2.75) is 32.7 Å². The molecule has 1 aromatic carbocycles. The molecule has 2 aromatic heterocycles. The van der Waals surface area contributed by atoms with Crippen LogP contribution in [-0.2, 0) is 23.7 Å². The summed E-state index contributed by atoms with van der Waals surface area (Å²) >= 11 is 0. The average Bonchev–Trinajstić information content (AvgIpc) is 2.75. The Morgan fingerprint density at radius 1 is 1.00 bits per heavy atom. The van der Waals surface area contributed by atoms with Gasteiger partial charge in [-0.1, -0.05) is 19.9 Å². The molecule has 0 bridgehead atoms. The second-order valence-electron chi connectivity index (χ2n) is 7.66. The SMILES string of the molecule is CC(C)C(=O)NCc1ccc(C(F)(F)F)c(-c2nc(-c3ccc(C(F)(F)F)cn3)cc(=O)[nH]2)c1. The van der Waals surface area contributed by atoms with Crippen LogP contribution in [0, 0.1) is 5.92 Å². The minimum Gasteiger partial charge on any atom is -0.352 e. The summed E-state index contributed by atoms with van der Waals surface area (Å²) in [5.41, 5.74) is -3.43. The highest BCUT2D eigenvalue weighted by atomic mass is 19.4. The Morgan fingerprint density at radius 3 is 2.26 bits per heavy atom. The maximum atomic E-state index is 13.7. The van der Waals surface area contributed by atoms with E-state index in [0.717, 1.165) is 30.3 Å². The fourth-order valence-corrected chi connectivity index (χ4v) is 2.97. The molecule has 0 unspecified atom stereocenters. The number of aromatic amines is 1. The molecule has 12 heteroatoms. The quantitative estimate of drug-likeness (QED) is 0.509. The summed E-state index contributed by atoms with van der Waals surface area (Å²) < 4.78 is 79.3. The summed E-state index contributed by atoms with van der Waals surface area (Å²) in [7, 11) is 0. The Kier molecular flexibility index (Phi) is 6.80. The van der Waals surface area contributed by atoms with Gasteiger partial charge in [0.2, 0.25) is 5.91 Å². The lowest BCUT2D eigenvalue weighted by atomic mass is 10.0. The number of benzene rings is 1. The van der Waals surface area contributed by atoms with Crippen molar-refractivity contribution in [3.05, 3.63) is 69.6 Å². The number of carbonyl (C=O) groups is 1. The molecule has 3 aromatic rings. The van der Waals surface area contributed by atoms with Crippen molar-refractivity contribution < 1.29 is 31.1 Å². The molecule has 0 saturated heterocycles. The number of rotatable bonds is 5. The van der Waals surface area contributed by atoms with E-state index in [4.69, 9.17) is 0 Å². The van der Waals surface area contributed by atoms with Gasteiger partial charge < -0.3 is 10.3 Å². The highest BCUT2D eigenvalue weighted by Gasteiger charge is 2.35. The predicted octanol–water partition coefficient (Wildman–Crippen LogP) is 4.81. The van der Waals surface area contributed by atoms with Gasteiger partial charge in [-0.05, 0) is 29.8 Å². The second-order valence-corrected chi connectivity index (χ2v) is 7.66. The third kappa shape index (κ3) is 5.80. The van der Waals surface area contributed by atoms with Crippen LogP contribution in [0.4, 0.5) is 26.3 Å². The smallest absolute Gasteiger partial charge is 0.352 e. The Morgan fingerprint density at radius 2 is 1.71 bits per heavy atom. The molecule has 0 radical (unpaired) electrons. The first kappa shape index (κ1) is 24.9. The minimum atomic E-state index is -4.80. The van der Waals surface area contributed by atoms with Crippen LogP contribution in [0.1, 0.15) is 30.5 Å². The maximum absolute atomic E-state index is 13.7.